The van der Waals surface area contributed by atoms with Crippen LogP contribution in [0.25, 0.3) is 0 Å². The van der Waals surface area contributed by atoms with E-state index in [4.69, 9.17) is 5.73 Å². The molecule has 0 saturated heterocycles. The van der Waals surface area contributed by atoms with Gasteiger partial charge in [0.2, 0.25) is 0 Å². The first-order valence-corrected chi connectivity index (χ1v) is 4.79. The molecule has 2 rings (SSSR count). The third-order valence-electron chi connectivity index (χ3n) is 2.21. The van der Waals surface area contributed by atoms with Crippen LogP contribution in [0.2, 0.25) is 0 Å². The molecule has 0 saturated carbocycles. The van der Waals surface area contributed by atoms with Crippen LogP contribution in [0.4, 0.5) is 0 Å². The fourth-order valence-corrected chi connectivity index (χ4v) is 1.56. The van der Waals surface area contributed by atoms with Gasteiger partial charge in [-0.15, -0.1) is 0 Å². The standard InChI is InChI=1S/C10H13N5/c1-8(11)10(15-7-12-6-14-15)9-4-2-3-5-13-9/h2-8,10H,11H2,1H3. The van der Waals surface area contributed by atoms with E-state index in [9.17, 15) is 0 Å². The minimum atomic E-state index is -0.0680. The van der Waals surface area contributed by atoms with Crippen LogP contribution in [0.3, 0.4) is 0 Å². The molecular formula is C10H13N5. The molecule has 78 valence electrons. The summed E-state index contributed by atoms with van der Waals surface area (Å²) in [5, 5.41) is 4.10. The van der Waals surface area contributed by atoms with Crippen molar-refractivity contribution in [3.05, 3.63) is 42.7 Å². The monoisotopic (exact) mass is 203 g/mol. The quantitative estimate of drug-likeness (QED) is 0.793. The highest BCUT2D eigenvalue weighted by Gasteiger charge is 2.19. The lowest BCUT2D eigenvalue weighted by Crippen LogP contribution is -2.31. The maximum Gasteiger partial charge on any atom is 0.137 e. The molecule has 5 nitrogen and oxygen atoms in total. The zero-order valence-corrected chi connectivity index (χ0v) is 8.49. The van der Waals surface area contributed by atoms with Gasteiger partial charge in [-0.05, 0) is 19.1 Å². The molecular weight excluding hydrogens is 190 g/mol. The van der Waals surface area contributed by atoms with E-state index in [1.54, 1.807) is 17.2 Å². The van der Waals surface area contributed by atoms with Crippen molar-refractivity contribution in [1.29, 1.82) is 0 Å². The molecule has 0 spiro atoms. The number of rotatable bonds is 3. The molecule has 0 aromatic carbocycles. The average molecular weight is 203 g/mol. The largest absolute Gasteiger partial charge is 0.326 e. The molecule has 5 heteroatoms. The minimum Gasteiger partial charge on any atom is -0.326 e. The van der Waals surface area contributed by atoms with Crippen molar-refractivity contribution in [3.8, 4) is 0 Å². The third-order valence-corrected chi connectivity index (χ3v) is 2.21. The van der Waals surface area contributed by atoms with Crippen LogP contribution in [0.1, 0.15) is 18.7 Å². The lowest BCUT2D eigenvalue weighted by atomic mass is 10.1. The van der Waals surface area contributed by atoms with Gasteiger partial charge in [-0.3, -0.25) is 4.98 Å². The molecule has 0 aliphatic carbocycles. The topological polar surface area (TPSA) is 69.6 Å². The van der Waals surface area contributed by atoms with Gasteiger partial charge in [0.1, 0.15) is 18.7 Å². The molecule has 0 bridgehead atoms. The predicted molar refractivity (Wildman–Crippen MR) is 56.0 cm³/mol. The van der Waals surface area contributed by atoms with Crippen LogP contribution >= 0.6 is 0 Å². The SMILES string of the molecule is CC(N)C(c1ccccn1)n1cncn1. The Morgan fingerprint density at radius 2 is 2.27 bits per heavy atom. The van der Waals surface area contributed by atoms with Crippen molar-refractivity contribution >= 4 is 0 Å². The Bertz CT molecular complexity index is 395. The second-order valence-corrected chi connectivity index (χ2v) is 3.43. The molecule has 2 N–H and O–H groups in total. The molecule has 15 heavy (non-hydrogen) atoms. The second-order valence-electron chi connectivity index (χ2n) is 3.43. The van der Waals surface area contributed by atoms with Crippen LogP contribution in [0, 0.1) is 0 Å². The molecule has 0 amide bonds. The summed E-state index contributed by atoms with van der Waals surface area (Å²) in [7, 11) is 0. The Balaban J connectivity index is 2.37. The van der Waals surface area contributed by atoms with Crippen LogP contribution in [0.15, 0.2) is 37.1 Å². The molecule has 0 aliphatic heterocycles. The van der Waals surface area contributed by atoms with Gasteiger partial charge in [-0.25, -0.2) is 9.67 Å². The maximum atomic E-state index is 5.93. The van der Waals surface area contributed by atoms with Gasteiger partial charge >= 0.3 is 0 Å². The Morgan fingerprint density at radius 1 is 1.40 bits per heavy atom. The van der Waals surface area contributed by atoms with Gasteiger partial charge in [0.25, 0.3) is 0 Å². The number of aromatic nitrogens is 4. The van der Waals surface area contributed by atoms with Gasteiger partial charge in [0.05, 0.1) is 5.69 Å². The van der Waals surface area contributed by atoms with Crippen LogP contribution in [0.5, 0.6) is 0 Å². The number of nitrogens with two attached hydrogens (primary N) is 1. The Kier molecular flexibility index (Phi) is 2.73. The van der Waals surface area contributed by atoms with E-state index < -0.39 is 0 Å². The van der Waals surface area contributed by atoms with Crippen LogP contribution < -0.4 is 5.73 Å². The van der Waals surface area contributed by atoms with E-state index in [1.165, 1.54) is 6.33 Å². The van der Waals surface area contributed by atoms with E-state index in [2.05, 4.69) is 15.1 Å². The van der Waals surface area contributed by atoms with Crippen molar-refractivity contribution in [2.75, 3.05) is 0 Å². The lowest BCUT2D eigenvalue weighted by Gasteiger charge is -2.19. The van der Waals surface area contributed by atoms with Crippen molar-refractivity contribution in [1.82, 2.24) is 19.7 Å². The highest BCUT2D eigenvalue weighted by Crippen LogP contribution is 2.16. The molecule has 2 atom stereocenters. The van der Waals surface area contributed by atoms with E-state index >= 15 is 0 Å². The Labute approximate surface area is 88.0 Å². The fraction of sp³-hybridized carbons (Fsp3) is 0.300. The van der Waals surface area contributed by atoms with Gasteiger partial charge in [0, 0.05) is 12.2 Å². The highest BCUT2D eigenvalue weighted by molar-refractivity contribution is 5.11. The van der Waals surface area contributed by atoms with Crippen molar-refractivity contribution in [2.24, 2.45) is 5.73 Å². The first-order chi connectivity index (χ1) is 7.29. The van der Waals surface area contributed by atoms with Crippen molar-refractivity contribution in [2.45, 2.75) is 19.0 Å². The molecule has 2 aromatic rings. The van der Waals surface area contributed by atoms with Crippen LogP contribution in [-0.4, -0.2) is 25.8 Å². The summed E-state index contributed by atoms with van der Waals surface area (Å²) in [5.74, 6) is 0. The van der Waals surface area contributed by atoms with E-state index in [0.29, 0.717) is 0 Å². The van der Waals surface area contributed by atoms with Gasteiger partial charge in [0.15, 0.2) is 0 Å². The van der Waals surface area contributed by atoms with Crippen molar-refractivity contribution in [3.63, 3.8) is 0 Å². The summed E-state index contributed by atoms with van der Waals surface area (Å²) in [4.78, 5) is 8.21. The van der Waals surface area contributed by atoms with Gasteiger partial charge < -0.3 is 5.73 Å². The summed E-state index contributed by atoms with van der Waals surface area (Å²) < 4.78 is 1.73. The van der Waals surface area contributed by atoms with Crippen LogP contribution in [-0.2, 0) is 0 Å². The second kappa shape index (κ2) is 4.18. The summed E-state index contributed by atoms with van der Waals surface area (Å²) in [6.07, 6.45) is 4.91. The molecule has 0 radical (unpaired) electrons. The summed E-state index contributed by atoms with van der Waals surface area (Å²) >= 11 is 0. The zero-order chi connectivity index (χ0) is 10.7. The number of hydrogen-bond acceptors (Lipinski definition) is 4. The van der Waals surface area contributed by atoms with Gasteiger partial charge in [-0.1, -0.05) is 6.07 Å². The smallest absolute Gasteiger partial charge is 0.137 e. The molecule has 0 aliphatic rings. The average Bonchev–Trinajstić information content (AvgIpc) is 2.72. The van der Waals surface area contributed by atoms with Gasteiger partial charge in [-0.2, -0.15) is 5.10 Å². The third kappa shape index (κ3) is 2.02. The van der Waals surface area contributed by atoms with E-state index in [-0.39, 0.29) is 12.1 Å². The normalized spacial score (nSPS) is 14.8. The maximum absolute atomic E-state index is 5.93. The fourth-order valence-electron chi connectivity index (χ4n) is 1.56. The van der Waals surface area contributed by atoms with Crippen molar-refractivity contribution < 1.29 is 0 Å². The summed E-state index contributed by atoms with van der Waals surface area (Å²) in [6.45, 7) is 1.93. The molecule has 0 fully saturated rings. The molecule has 2 aromatic heterocycles. The Morgan fingerprint density at radius 3 is 2.80 bits per heavy atom. The lowest BCUT2D eigenvalue weighted by molar-refractivity contribution is 0.443. The highest BCUT2D eigenvalue weighted by atomic mass is 15.3. The number of pyridine rings is 1. The number of hydrogen-bond donors (Lipinski definition) is 1. The summed E-state index contributed by atoms with van der Waals surface area (Å²) in [6, 6.07) is 5.63. The first-order valence-electron chi connectivity index (χ1n) is 4.79. The molecule has 2 heterocycles. The summed E-state index contributed by atoms with van der Waals surface area (Å²) in [5.41, 5.74) is 6.83. The predicted octanol–water partition coefficient (Wildman–Crippen LogP) is 0.610. The zero-order valence-electron chi connectivity index (χ0n) is 8.49. The number of nitrogens with zero attached hydrogens (tertiary/aromatic N) is 4. The Hall–Kier alpha value is -1.75. The first kappa shape index (κ1) is 9.79. The van der Waals surface area contributed by atoms with E-state index in [1.807, 2.05) is 25.1 Å². The van der Waals surface area contributed by atoms with E-state index in [0.717, 1.165) is 5.69 Å². The molecule has 2 unspecified atom stereocenters. The minimum absolute atomic E-state index is 0.0614.